The smallest absolute Gasteiger partial charge is 0.339 e. The molecule has 0 atom stereocenters. The molecule has 2 aliphatic rings. The van der Waals surface area contributed by atoms with Gasteiger partial charge in [-0.3, -0.25) is 4.79 Å². The van der Waals surface area contributed by atoms with E-state index in [1.165, 1.54) is 0 Å². The molecule has 118 valence electrons. The number of rotatable bonds is 4. The van der Waals surface area contributed by atoms with Crippen LogP contribution in [0.4, 0.5) is 5.82 Å². The van der Waals surface area contributed by atoms with Crippen LogP contribution in [0.2, 0.25) is 0 Å². The fraction of sp³-hybridized carbons (Fsp3) is 0.562. The molecule has 2 heterocycles. The second kappa shape index (κ2) is 6.34. The van der Waals surface area contributed by atoms with E-state index in [1.54, 1.807) is 19.2 Å². The lowest BCUT2D eigenvalue weighted by atomic mass is 10.2. The van der Waals surface area contributed by atoms with Gasteiger partial charge in [-0.15, -0.1) is 0 Å². The standard InChI is InChI=1S/C16H21N3O3/c1-2-22-16(21)13-5-6-14(17-11-13)18-7-9-19(10-8-18)15(20)12-3-4-12/h5-6,11-12H,2-4,7-10H2,1H3. The monoisotopic (exact) mass is 303 g/mol. The van der Waals surface area contributed by atoms with Crippen LogP contribution in [0.25, 0.3) is 0 Å². The minimum atomic E-state index is -0.346. The maximum Gasteiger partial charge on any atom is 0.339 e. The molecule has 1 saturated carbocycles. The van der Waals surface area contributed by atoms with Crippen LogP contribution in [0, 0.1) is 5.92 Å². The molecule has 6 nitrogen and oxygen atoms in total. The van der Waals surface area contributed by atoms with E-state index in [-0.39, 0.29) is 11.9 Å². The summed E-state index contributed by atoms with van der Waals surface area (Å²) in [5.41, 5.74) is 0.466. The van der Waals surface area contributed by atoms with E-state index in [2.05, 4.69) is 9.88 Å². The van der Waals surface area contributed by atoms with Gasteiger partial charge in [-0.2, -0.15) is 0 Å². The van der Waals surface area contributed by atoms with Gasteiger partial charge in [-0.05, 0) is 31.9 Å². The molecule has 1 saturated heterocycles. The highest BCUT2D eigenvalue weighted by molar-refractivity contribution is 5.89. The summed E-state index contributed by atoms with van der Waals surface area (Å²) < 4.78 is 4.95. The predicted octanol–water partition coefficient (Wildman–Crippen LogP) is 1.32. The van der Waals surface area contributed by atoms with Gasteiger partial charge in [-0.1, -0.05) is 0 Å². The van der Waals surface area contributed by atoms with Crippen LogP contribution in [0.5, 0.6) is 0 Å². The molecular formula is C16H21N3O3. The van der Waals surface area contributed by atoms with E-state index < -0.39 is 0 Å². The summed E-state index contributed by atoms with van der Waals surface area (Å²) in [5.74, 6) is 1.09. The van der Waals surface area contributed by atoms with Crippen molar-refractivity contribution in [3.63, 3.8) is 0 Å². The average molecular weight is 303 g/mol. The molecule has 1 aromatic heterocycles. The van der Waals surface area contributed by atoms with E-state index in [1.807, 2.05) is 11.0 Å². The molecule has 2 fully saturated rings. The van der Waals surface area contributed by atoms with Gasteiger partial charge in [0.15, 0.2) is 0 Å². The van der Waals surface area contributed by atoms with E-state index in [4.69, 9.17) is 4.74 Å². The Morgan fingerprint density at radius 2 is 1.95 bits per heavy atom. The van der Waals surface area contributed by atoms with Crippen LogP contribution in [0.15, 0.2) is 18.3 Å². The number of carbonyl (C=O) groups excluding carboxylic acids is 2. The normalized spacial score (nSPS) is 18.2. The Labute approximate surface area is 130 Å². The van der Waals surface area contributed by atoms with Crippen LogP contribution in [-0.2, 0) is 9.53 Å². The Bertz CT molecular complexity index is 546. The molecule has 0 N–H and O–H groups in total. The van der Waals surface area contributed by atoms with Gasteiger partial charge in [0.05, 0.1) is 12.2 Å². The lowest BCUT2D eigenvalue weighted by Crippen LogP contribution is -2.49. The second-order valence-electron chi connectivity index (χ2n) is 5.71. The van der Waals surface area contributed by atoms with Crippen molar-refractivity contribution >= 4 is 17.7 Å². The molecular weight excluding hydrogens is 282 g/mol. The molecule has 0 bridgehead atoms. The zero-order valence-corrected chi connectivity index (χ0v) is 12.8. The highest BCUT2D eigenvalue weighted by Crippen LogP contribution is 2.31. The fourth-order valence-electron chi connectivity index (χ4n) is 2.65. The van der Waals surface area contributed by atoms with Crippen molar-refractivity contribution < 1.29 is 14.3 Å². The minimum absolute atomic E-state index is 0.286. The van der Waals surface area contributed by atoms with Crippen molar-refractivity contribution in [2.75, 3.05) is 37.7 Å². The first kappa shape index (κ1) is 14.8. The Hall–Kier alpha value is -2.11. The third-order valence-corrected chi connectivity index (χ3v) is 4.10. The summed E-state index contributed by atoms with van der Waals surface area (Å²) >= 11 is 0. The number of aromatic nitrogens is 1. The fourth-order valence-corrected chi connectivity index (χ4v) is 2.65. The third-order valence-electron chi connectivity index (χ3n) is 4.10. The van der Waals surface area contributed by atoms with Crippen LogP contribution in [0.3, 0.4) is 0 Å². The molecule has 1 aliphatic heterocycles. The van der Waals surface area contributed by atoms with Crippen molar-refractivity contribution in [1.29, 1.82) is 0 Å². The highest BCUT2D eigenvalue weighted by Gasteiger charge is 2.34. The van der Waals surface area contributed by atoms with Crippen molar-refractivity contribution in [2.45, 2.75) is 19.8 Å². The minimum Gasteiger partial charge on any atom is -0.462 e. The summed E-state index contributed by atoms with van der Waals surface area (Å²) in [4.78, 5) is 32.1. The van der Waals surface area contributed by atoms with Gasteiger partial charge in [-0.25, -0.2) is 9.78 Å². The molecule has 0 spiro atoms. The Morgan fingerprint density at radius 1 is 1.23 bits per heavy atom. The van der Waals surface area contributed by atoms with E-state index in [0.717, 1.165) is 44.8 Å². The van der Waals surface area contributed by atoms with Crippen molar-refractivity contribution in [3.8, 4) is 0 Å². The maximum absolute atomic E-state index is 12.0. The summed E-state index contributed by atoms with van der Waals surface area (Å²) in [6.45, 7) is 5.20. The number of amides is 1. The quantitative estimate of drug-likeness (QED) is 0.785. The zero-order valence-electron chi connectivity index (χ0n) is 12.8. The lowest BCUT2D eigenvalue weighted by Gasteiger charge is -2.35. The van der Waals surface area contributed by atoms with Crippen LogP contribution >= 0.6 is 0 Å². The van der Waals surface area contributed by atoms with Crippen molar-refractivity contribution in [1.82, 2.24) is 9.88 Å². The van der Waals surface area contributed by atoms with Gasteiger partial charge in [0.2, 0.25) is 5.91 Å². The molecule has 1 amide bonds. The number of hydrogen-bond donors (Lipinski definition) is 0. The van der Waals surface area contributed by atoms with E-state index in [9.17, 15) is 9.59 Å². The number of ether oxygens (including phenoxy) is 1. The van der Waals surface area contributed by atoms with Gasteiger partial charge in [0.25, 0.3) is 0 Å². The maximum atomic E-state index is 12.0. The van der Waals surface area contributed by atoms with Crippen LogP contribution in [-0.4, -0.2) is 54.5 Å². The Kier molecular flexibility index (Phi) is 4.27. The van der Waals surface area contributed by atoms with Gasteiger partial charge in [0, 0.05) is 38.3 Å². The van der Waals surface area contributed by atoms with Crippen LogP contribution < -0.4 is 4.90 Å². The van der Waals surface area contributed by atoms with Gasteiger partial charge in [0.1, 0.15) is 5.82 Å². The predicted molar refractivity (Wildman–Crippen MR) is 81.7 cm³/mol. The molecule has 3 rings (SSSR count). The van der Waals surface area contributed by atoms with Crippen molar-refractivity contribution in [3.05, 3.63) is 23.9 Å². The molecule has 1 aliphatic carbocycles. The topological polar surface area (TPSA) is 62.7 Å². The first-order chi connectivity index (χ1) is 10.7. The number of nitrogens with zero attached hydrogens (tertiary/aromatic N) is 3. The largest absolute Gasteiger partial charge is 0.462 e. The summed E-state index contributed by atoms with van der Waals surface area (Å²) in [6.07, 6.45) is 3.65. The van der Waals surface area contributed by atoms with Crippen LogP contribution in [0.1, 0.15) is 30.1 Å². The summed E-state index contributed by atoms with van der Waals surface area (Å²) in [5, 5.41) is 0. The number of hydrogen-bond acceptors (Lipinski definition) is 5. The Balaban J connectivity index is 1.56. The molecule has 0 aromatic carbocycles. The zero-order chi connectivity index (χ0) is 15.5. The van der Waals surface area contributed by atoms with Crippen molar-refractivity contribution in [2.24, 2.45) is 5.92 Å². The molecule has 22 heavy (non-hydrogen) atoms. The third kappa shape index (κ3) is 3.21. The molecule has 1 aromatic rings. The molecule has 0 unspecified atom stereocenters. The van der Waals surface area contributed by atoms with E-state index in [0.29, 0.717) is 18.1 Å². The number of carbonyl (C=O) groups is 2. The average Bonchev–Trinajstić information content (AvgIpc) is 3.40. The number of esters is 1. The second-order valence-corrected chi connectivity index (χ2v) is 5.71. The summed E-state index contributed by atoms with van der Waals surface area (Å²) in [7, 11) is 0. The SMILES string of the molecule is CCOC(=O)c1ccc(N2CCN(C(=O)C3CC3)CC2)nc1. The lowest BCUT2D eigenvalue weighted by molar-refractivity contribution is -0.132. The number of pyridine rings is 1. The Morgan fingerprint density at radius 3 is 2.50 bits per heavy atom. The molecule has 0 radical (unpaired) electrons. The van der Waals surface area contributed by atoms with Gasteiger partial charge >= 0.3 is 5.97 Å². The first-order valence-corrected chi connectivity index (χ1v) is 7.86. The first-order valence-electron chi connectivity index (χ1n) is 7.86. The highest BCUT2D eigenvalue weighted by atomic mass is 16.5. The summed E-state index contributed by atoms with van der Waals surface area (Å²) in [6, 6.07) is 3.58. The van der Waals surface area contributed by atoms with E-state index >= 15 is 0 Å². The number of anilines is 1. The number of piperazine rings is 1. The molecule has 6 heteroatoms. The van der Waals surface area contributed by atoms with Gasteiger partial charge < -0.3 is 14.5 Å².